The lowest BCUT2D eigenvalue weighted by Crippen LogP contribution is -2.39. The van der Waals surface area contributed by atoms with Crippen LogP contribution in [0.1, 0.15) is 18.4 Å². The van der Waals surface area contributed by atoms with Gasteiger partial charge in [0.2, 0.25) is 0 Å². The van der Waals surface area contributed by atoms with Crippen LogP contribution in [0.2, 0.25) is 0 Å². The van der Waals surface area contributed by atoms with Gasteiger partial charge < -0.3 is 14.6 Å². The van der Waals surface area contributed by atoms with Crippen LogP contribution >= 0.6 is 0 Å². The fraction of sp³-hybridized carbons (Fsp3) is 0.556. The lowest BCUT2D eigenvalue weighted by atomic mass is 10.1. The Hall–Kier alpha value is -1.45. The summed E-state index contributed by atoms with van der Waals surface area (Å²) in [5, 5.41) is 10.1. The first kappa shape index (κ1) is 17.9. The van der Waals surface area contributed by atoms with Crippen molar-refractivity contribution in [3.05, 3.63) is 35.6 Å². The fourth-order valence-corrected chi connectivity index (χ4v) is 2.73. The van der Waals surface area contributed by atoms with Crippen molar-refractivity contribution in [2.75, 3.05) is 32.9 Å². The molecule has 1 aliphatic rings. The minimum Gasteiger partial charge on any atom is -0.389 e. The van der Waals surface area contributed by atoms with E-state index in [1.807, 2.05) is 0 Å². The Balaban J connectivity index is 1.90. The van der Waals surface area contributed by atoms with Crippen molar-refractivity contribution in [1.29, 1.82) is 0 Å². The van der Waals surface area contributed by atoms with Gasteiger partial charge in [-0.3, -0.25) is 4.90 Å². The largest absolute Gasteiger partial charge is 0.389 e. The van der Waals surface area contributed by atoms with Gasteiger partial charge in [-0.1, -0.05) is 18.1 Å². The Morgan fingerprint density at radius 3 is 2.87 bits per heavy atom. The number of nitrogens with zero attached hydrogens (tertiary/aromatic N) is 1. The van der Waals surface area contributed by atoms with Gasteiger partial charge in [0.25, 0.3) is 0 Å². The van der Waals surface area contributed by atoms with Crippen LogP contribution < -0.4 is 0 Å². The summed E-state index contributed by atoms with van der Waals surface area (Å²) in [6, 6.07) is 6.43. The third-order valence-electron chi connectivity index (χ3n) is 3.77. The quantitative estimate of drug-likeness (QED) is 0.556. The standard InChI is InChI=1S/C18H24FNO3/c1-2-9-22-14-17(21)12-20(13-18-4-3-10-23-18)11-15-5-7-16(19)8-6-15/h1,5-8,17-18,21H,3-4,9-14H2. The first-order chi connectivity index (χ1) is 11.2. The van der Waals surface area contributed by atoms with Gasteiger partial charge in [0.1, 0.15) is 12.4 Å². The molecule has 1 fully saturated rings. The van der Waals surface area contributed by atoms with Crippen molar-refractivity contribution in [1.82, 2.24) is 4.90 Å². The van der Waals surface area contributed by atoms with Gasteiger partial charge in [0.05, 0.1) is 18.8 Å². The van der Waals surface area contributed by atoms with Gasteiger partial charge in [0.15, 0.2) is 0 Å². The lowest BCUT2D eigenvalue weighted by molar-refractivity contribution is 0.00955. The zero-order valence-electron chi connectivity index (χ0n) is 13.3. The Bertz CT molecular complexity index is 494. The zero-order valence-corrected chi connectivity index (χ0v) is 13.3. The molecule has 0 spiro atoms. The van der Waals surface area contributed by atoms with E-state index >= 15 is 0 Å². The molecule has 0 aromatic heterocycles. The highest BCUT2D eigenvalue weighted by atomic mass is 19.1. The molecule has 126 valence electrons. The van der Waals surface area contributed by atoms with Crippen LogP contribution in [0.25, 0.3) is 0 Å². The molecule has 4 nitrogen and oxygen atoms in total. The van der Waals surface area contributed by atoms with Gasteiger partial charge >= 0.3 is 0 Å². The predicted octanol–water partition coefficient (Wildman–Crippen LogP) is 1.82. The SMILES string of the molecule is C#CCOCC(O)CN(Cc1ccc(F)cc1)CC1CCCO1. The molecule has 0 aliphatic carbocycles. The number of rotatable bonds is 9. The van der Waals surface area contributed by atoms with Gasteiger partial charge in [-0.25, -0.2) is 4.39 Å². The van der Waals surface area contributed by atoms with Crippen molar-refractivity contribution in [2.24, 2.45) is 0 Å². The van der Waals surface area contributed by atoms with E-state index in [1.54, 1.807) is 12.1 Å². The zero-order chi connectivity index (χ0) is 16.5. The Morgan fingerprint density at radius 2 is 2.22 bits per heavy atom. The number of terminal acetylenes is 1. The minimum absolute atomic E-state index is 0.189. The van der Waals surface area contributed by atoms with Crippen LogP contribution in [0.3, 0.4) is 0 Å². The van der Waals surface area contributed by atoms with E-state index in [9.17, 15) is 9.50 Å². The highest BCUT2D eigenvalue weighted by molar-refractivity contribution is 5.15. The Kier molecular flexibility index (Phi) is 7.50. The summed E-state index contributed by atoms with van der Waals surface area (Å²) in [7, 11) is 0. The maximum absolute atomic E-state index is 13.0. The van der Waals surface area contributed by atoms with Crippen LogP contribution in [0.4, 0.5) is 4.39 Å². The van der Waals surface area contributed by atoms with Crippen molar-refractivity contribution < 1.29 is 19.0 Å². The lowest BCUT2D eigenvalue weighted by Gasteiger charge is -2.27. The summed E-state index contributed by atoms with van der Waals surface area (Å²) >= 11 is 0. The smallest absolute Gasteiger partial charge is 0.123 e. The van der Waals surface area contributed by atoms with E-state index in [1.165, 1.54) is 12.1 Å². The molecule has 23 heavy (non-hydrogen) atoms. The maximum Gasteiger partial charge on any atom is 0.123 e. The monoisotopic (exact) mass is 321 g/mol. The molecule has 0 amide bonds. The summed E-state index contributed by atoms with van der Waals surface area (Å²) in [5.41, 5.74) is 1.00. The molecule has 1 heterocycles. The van der Waals surface area contributed by atoms with Crippen molar-refractivity contribution in [3.8, 4) is 12.3 Å². The van der Waals surface area contributed by atoms with E-state index in [4.69, 9.17) is 15.9 Å². The Labute approximate surface area is 137 Å². The van der Waals surface area contributed by atoms with E-state index < -0.39 is 6.10 Å². The average Bonchev–Trinajstić information content (AvgIpc) is 3.03. The molecule has 1 N–H and O–H groups in total. The number of aliphatic hydroxyl groups excluding tert-OH is 1. The minimum atomic E-state index is -0.620. The van der Waals surface area contributed by atoms with Gasteiger partial charge in [0, 0.05) is 26.2 Å². The van der Waals surface area contributed by atoms with Gasteiger partial charge in [-0.2, -0.15) is 0 Å². The fourth-order valence-electron chi connectivity index (χ4n) is 2.73. The maximum atomic E-state index is 13.0. The second-order valence-corrected chi connectivity index (χ2v) is 5.83. The van der Waals surface area contributed by atoms with E-state index in [0.717, 1.165) is 31.6 Å². The van der Waals surface area contributed by atoms with Crippen LogP contribution in [-0.4, -0.2) is 55.1 Å². The van der Waals surface area contributed by atoms with Crippen LogP contribution in [0.15, 0.2) is 24.3 Å². The number of benzene rings is 1. The topological polar surface area (TPSA) is 41.9 Å². The third-order valence-corrected chi connectivity index (χ3v) is 3.77. The predicted molar refractivity (Wildman–Crippen MR) is 86.3 cm³/mol. The average molecular weight is 321 g/mol. The number of halogens is 1. The molecule has 0 saturated carbocycles. The summed E-state index contributed by atoms with van der Waals surface area (Å²) in [6.45, 7) is 3.02. The van der Waals surface area contributed by atoms with Crippen molar-refractivity contribution >= 4 is 0 Å². The van der Waals surface area contributed by atoms with Crippen LogP contribution in [0, 0.1) is 18.2 Å². The second-order valence-electron chi connectivity index (χ2n) is 5.83. The molecule has 5 heteroatoms. The molecule has 2 atom stereocenters. The van der Waals surface area contributed by atoms with Crippen LogP contribution in [0.5, 0.6) is 0 Å². The number of hydrogen-bond donors (Lipinski definition) is 1. The summed E-state index contributed by atoms with van der Waals surface area (Å²) in [5.74, 6) is 2.13. The normalized spacial score (nSPS) is 19.0. The van der Waals surface area contributed by atoms with E-state index in [2.05, 4.69) is 10.8 Å². The van der Waals surface area contributed by atoms with Gasteiger partial charge in [-0.05, 0) is 30.5 Å². The first-order valence-electron chi connectivity index (χ1n) is 7.95. The molecule has 1 aromatic carbocycles. The molecule has 2 unspecified atom stereocenters. The molecule has 2 rings (SSSR count). The van der Waals surface area contributed by atoms with Crippen molar-refractivity contribution in [3.63, 3.8) is 0 Å². The number of aliphatic hydroxyl groups is 1. The molecule has 1 aliphatic heterocycles. The molecule has 0 bridgehead atoms. The first-order valence-corrected chi connectivity index (χ1v) is 7.95. The molecular weight excluding hydrogens is 297 g/mol. The van der Waals surface area contributed by atoms with Crippen molar-refractivity contribution in [2.45, 2.75) is 31.6 Å². The van der Waals surface area contributed by atoms with Crippen LogP contribution in [-0.2, 0) is 16.0 Å². The summed E-state index contributed by atoms with van der Waals surface area (Å²) in [4.78, 5) is 2.12. The van der Waals surface area contributed by atoms with E-state index in [-0.39, 0.29) is 25.1 Å². The third kappa shape index (κ3) is 6.67. The Morgan fingerprint density at radius 1 is 1.43 bits per heavy atom. The highest BCUT2D eigenvalue weighted by Gasteiger charge is 2.21. The van der Waals surface area contributed by atoms with E-state index in [0.29, 0.717) is 13.1 Å². The summed E-state index contributed by atoms with van der Waals surface area (Å²) in [6.07, 6.45) is 6.80. The number of ether oxygens (including phenoxy) is 2. The van der Waals surface area contributed by atoms with Gasteiger partial charge in [-0.15, -0.1) is 6.42 Å². The molecule has 0 radical (unpaired) electrons. The second kappa shape index (κ2) is 9.64. The molecule has 1 saturated heterocycles. The number of hydrogen-bond acceptors (Lipinski definition) is 4. The highest BCUT2D eigenvalue weighted by Crippen LogP contribution is 2.15. The summed E-state index contributed by atoms with van der Waals surface area (Å²) < 4.78 is 23.9. The molecular formula is C18H24FNO3. The molecule has 1 aromatic rings.